The Kier molecular flexibility index (Phi) is 13.4. The van der Waals surface area contributed by atoms with Crippen LogP contribution in [0.4, 0.5) is 0 Å². The highest BCUT2D eigenvalue weighted by Gasteiger charge is 2.28. The smallest absolute Gasteiger partial charge is 0.305 e. The second kappa shape index (κ2) is 18.9. The monoisotopic (exact) mass is 874 g/mol. The molecular weight excluding hydrogens is 825 g/mol. The van der Waals surface area contributed by atoms with E-state index in [0.717, 1.165) is 100 Å². The molecule has 5 aromatic rings. The number of thiophene rings is 2. The third kappa shape index (κ3) is 8.66. The number of nitrogens with one attached hydrogen (secondary N) is 2. The van der Waals surface area contributed by atoms with Crippen molar-refractivity contribution in [2.24, 2.45) is 0 Å². The van der Waals surface area contributed by atoms with Crippen LogP contribution in [-0.4, -0.2) is 72.3 Å². The highest BCUT2D eigenvalue weighted by molar-refractivity contribution is 7.08. The lowest BCUT2D eigenvalue weighted by Crippen LogP contribution is -2.02. The summed E-state index contributed by atoms with van der Waals surface area (Å²) in [5, 5.41) is 8.23. The number of aromatic nitrogens is 4. The zero-order valence-electron chi connectivity index (χ0n) is 36.3. The number of esters is 4. The second-order valence-corrected chi connectivity index (χ2v) is 16.9. The molecule has 7 rings (SSSR count). The number of hydrogen-bond donors (Lipinski definition) is 2. The molecule has 0 saturated heterocycles. The van der Waals surface area contributed by atoms with E-state index in [4.69, 9.17) is 28.9 Å². The van der Waals surface area contributed by atoms with E-state index >= 15 is 0 Å². The Morgan fingerprint density at radius 1 is 0.548 bits per heavy atom. The fraction of sp³-hybridized carbons (Fsp3) is 0.333. The number of hydrogen-bond acceptors (Lipinski definition) is 12. The number of allylic oxidation sites excluding steroid dienone is 4. The van der Waals surface area contributed by atoms with Gasteiger partial charge in [-0.05, 0) is 155 Å². The molecule has 0 aliphatic carbocycles. The van der Waals surface area contributed by atoms with Gasteiger partial charge in [0.1, 0.15) is 0 Å². The summed E-state index contributed by atoms with van der Waals surface area (Å²) in [5.41, 5.74) is 17.0. The van der Waals surface area contributed by atoms with Crippen LogP contribution in [0.2, 0.25) is 0 Å². The minimum absolute atomic E-state index is 0.151. The molecule has 0 atom stereocenters. The number of carbonyl (C=O) groups excluding carboxylic acids is 4. The van der Waals surface area contributed by atoms with E-state index in [1.54, 1.807) is 22.7 Å². The summed E-state index contributed by atoms with van der Waals surface area (Å²) >= 11 is 3.15. The molecule has 14 heteroatoms. The number of rotatable bonds is 14. The number of ether oxygens (including phenoxy) is 4. The first kappa shape index (κ1) is 44.0. The Morgan fingerprint density at radius 3 is 1.23 bits per heavy atom. The van der Waals surface area contributed by atoms with Crippen molar-refractivity contribution in [1.82, 2.24) is 19.9 Å². The van der Waals surface area contributed by atoms with E-state index < -0.39 is 0 Å². The average Bonchev–Trinajstić information content (AvgIpc) is 4.15. The van der Waals surface area contributed by atoms with Crippen LogP contribution in [0.25, 0.3) is 66.6 Å². The van der Waals surface area contributed by atoms with Gasteiger partial charge in [-0.15, -0.1) is 0 Å². The first-order chi connectivity index (χ1) is 29.9. The average molecular weight is 875 g/mol. The van der Waals surface area contributed by atoms with Crippen molar-refractivity contribution >= 4 is 90.9 Å². The Labute approximate surface area is 368 Å². The molecule has 12 nitrogen and oxygen atoms in total. The molecule has 0 spiro atoms. The summed E-state index contributed by atoms with van der Waals surface area (Å²) in [6.07, 6.45) is 2.16. The summed E-state index contributed by atoms with van der Waals surface area (Å²) in [6.45, 7) is 8.17. The molecule has 0 aromatic carbocycles. The molecule has 2 aliphatic rings. The van der Waals surface area contributed by atoms with Crippen molar-refractivity contribution in [2.45, 2.75) is 79.1 Å². The van der Waals surface area contributed by atoms with Crippen LogP contribution in [0.5, 0.6) is 0 Å². The number of fused-ring (bicyclic) bond motifs is 8. The summed E-state index contributed by atoms with van der Waals surface area (Å²) < 4.78 is 20.4. The van der Waals surface area contributed by atoms with E-state index in [9.17, 15) is 19.2 Å². The lowest BCUT2D eigenvalue weighted by molar-refractivity contribution is -0.141. The van der Waals surface area contributed by atoms with E-state index in [1.807, 2.05) is 50.6 Å². The first-order valence-corrected chi connectivity index (χ1v) is 22.3. The first-order valence-electron chi connectivity index (χ1n) is 20.4. The molecule has 2 N–H and O–H groups in total. The van der Waals surface area contributed by atoms with E-state index in [-0.39, 0.29) is 49.6 Å². The maximum absolute atomic E-state index is 12.7. The van der Waals surface area contributed by atoms with Crippen molar-refractivity contribution in [3.8, 4) is 22.3 Å². The quantitative estimate of drug-likeness (QED) is 0.0811. The number of carbonyl (C=O) groups is 4. The standard InChI is InChI=1S/C48H50N4O8S2/c1-25-31(9-13-39(53)57-5)35-21-36-33(11-15-41(55)59-7)27(3)47(51-36)44(30-18-20-62-24-30)48-28(4)34(12-16-42(56)60-8)38(52-48)22-37-32(10-14-40(54)58-6)26(2)46(50-37)43(45(25)49-35)29-17-19-61-23-29/h17-24,49,52H,9-16H2,1-8H3. The van der Waals surface area contributed by atoms with Crippen LogP contribution in [0.1, 0.15) is 97.4 Å². The summed E-state index contributed by atoms with van der Waals surface area (Å²) in [6, 6.07) is 8.17. The van der Waals surface area contributed by atoms with Gasteiger partial charge in [0, 0.05) is 47.8 Å². The van der Waals surface area contributed by atoms with Gasteiger partial charge in [-0.1, -0.05) is 0 Å². The molecule has 2 aliphatic heterocycles. The van der Waals surface area contributed by atoms with Gasteiger partial charge >= 0.3 is 23.9 Å². The zero-order chi connectivity index (χ0) is 44.2. The number of nitrogens with zero attached hydrogens (tertiary/aromatic N) is 2. The fourth-order valence-corrected chi connectivity index (χ4v) is 9.77. The number of methoxy groups -OCH3 is 4. The van der Waals surface area contributed by atoms with Crippen molar-refractivity contribution in [3.63, 3.8) is 0 Å². The molecular formula is C48H50N4O8S2. The van der Waals surface area contributed by atoms with Crippen molar-refractivity contribution < 1.29 is 38.1 Å². The van der Waals surface area contributed by atoms with Gasteiger partial charge in [0.2, 0.25) is 0 Å². The van der Waals surface area contributed by atoms with Crippen LogP contribution >= 0.6 is 22.7 Å². The molecule has 7 heterocycles. The van der Waals surface area contributed by atoms with Gasteiger partial charge in [-0.2, -0.15) is 22.7 Å². The molecule has 0 amide bonds. The van der Waals surface area contributed by atoms with Crippen LogP contribution in [0, 0.1) is 13.8 Å². The van der Waals surface area contributed by atoms with Crippen molar-refractivity contribution in [3.05, 3.63) is 90.8 Å². The molecule has 62 heavy (non-hydrogen) atoms. The van der Waals surface area contributed by atoms with E-state index in [2.05, 4.69) is 32.9 Å². The largest absolute Gasteiger partial charge is 0.469 e. The minimum atomic E-state index is -0.330. The lowest BCUT2D eigenvalue weighted by Gasteiger charge is -2.07. The molecule has 0 fully saturated rings. The Morgan fingerprint density at radius 2 is 0.903 bits per heavy atom. The van der Waals surface area contributed by atoms with E-state index in [1.165, 1.54) is 28.4 Å². The third-order valence-corrected chi connectivity index (χ3v) is 13.3. The van der Waals surface area contributed by atoms with Crippen molar-refractivity contribution in [2.75, 3.05) is 28.4 Å². The van der Waals surface area contributed by atoms with Crippen molar-refractivity contribution in [1.29, 1.82) is 0 Å². The Balaban J connectivity index is 1.71. The summed E-state index contributed by atoms with van der Waals surface area (Å²) in [4.78, 5) is 69.1. The van der Waals surface area contributed by atoms with Gasteiger partial charge in [-0.25, -0.2) is 9.97 Å². The number of aryl methyl sites for hydroxylation is 4. The van der Waals surface area contributed by atoms with Crippen LogP contribution < -0.4 is 0 Å². The highest BCUT2D eigenvalue weighted by Crippen LogP contribution is 2.44. The molecule has 322 valence electrons. The lowest BCUT2D eigenvalue weighted by atomic mass is 9.95. The van der Waals surface area contributed by atoms with Gasteiger partial charge in [0.25, 0.3) is 0 Å². The number of H-pyrrole nitrogens is 2. The molecule has 0 unspecified atom stereocenters. The highest BCUT2D eigenvalue weighted by atomic mass is 32.1. The van der Waals surface area contributed by atoms with Crippen LogP contribution in [-0.2, 0) is 51.0 Å². The normalized spacial score (nSPS) is 12.5. The van der Waals surface area contributed by atoms with Gasteiger partial charge in [-0.3, -0.25) is 19.2 Å². The van der Waals surface area contributed by atoms with Crippen LogP contribution in [0.15, 0.2) is 45.8 Å². The van der Waals surface area contributed by atoms with E-state index in [0.29, 0.717) is 37.1 Å². The molecule has 0 radical (unpaired) electrons. The third-order valence-electron chi connectivity index (χ3n) is 11.9. The molecule has 5 aromatic heterocycles. The zero-order valence-corrected chi connectivity index (χ0v) is 37.9. The summed E-state index contributed by atoms with van der Waals surface area (Å²) in [7, 11) is 5.55. The maximum Gasteiger partial charge on any atom is 0.305 e. The second-order valence-electron chi connectivity index (χ2n) is 15.3. The van der Waals surface area contributed by atoms with Crippen LogP contribution in [0.3, 0.4) is 0 Å². The SMILES string of the molecule is COC(=O)CCC1=C(C)c2nc1cc1[nH]c(c(C)c1CCC(=O)OC)c(-c1ccsc1)c1nc(cc3[nH]c(c(C)c3CCC(=O)OC)c2-c2ccsc2)C(CCC(=O)OC)=C1C. The molecule has 8 bridgehead atoms. The minimum Gasteiger partial charge on any atom is -0.469 e. The predicted molar refractivity (Wildman–Crippen MR) is 245 cm³/mol. The van der Waals surface area contributed by atoms with Gasteiger partial charge in [0.05, 0.1) is 62.2 Å². The maximum atomic E-state index is 12.7. The number of aromatic amines is 2. The summed E-state index contributed by atoms with van der Waals surface area (Å²) in [5.74, 6) is -1.31. The Bertz CT molecular complexity index is 2620. The van der Waals surface area contributed by atoms with Gasteiger partial charge in [0.15, 0.2) is 0 Å². The topological polar surface area (TPSA) is 163 Å². The Hall–Kier alpha value is -6.12. The molecule has 0 saturated carbocycles. The predicted octanol–water partition coefficient (Wildman–Crippen LogP) is 10.4. The van der Waals surface area contributed by atoms with Gasteiger partial charge < -0.3 is 28.9 Å². The fourth-order valence-electron chi connectivity index (χ4n) is 8.48.